The molecule has 0 aromatic rings. The van der Waals surface area contributed by atoms with Gasteiger partial charge in [0.1, 0.15) is 6.04 Å². The van der Waals surface area contributed by atoms with Gasteiger partial charge in [0.2, 0.25) is 0 Å². The van der Waals surface area contributed by atoms with Crippen LogP contribution < -0.4 is 5.48 Å². The molecule has 0 aromatic carbocycles. The van der Waals surface area contributed by atoms with Crippen LogP contribution in [0.2, 0.25) is 0 Å². The molecule has 3 saturated heterocycles. The first-order chi connectivity index (χ1) is 11.8. The van der Waals surface area contributed by atoms with Gasteiger partial charge in [-0.1, -0.05) is 0 Å². The van der Waals surface area contributed by atoms with Crippen LogP contribution in [-0.4, -0.2) is 84.6 Å². The molecule has 142 valence electrons. The summed E-state index contributed by atoms with van der Waals surface area (Å²) in [6.45, 7) is 3.30. The van der Waals surface area contributed by atoms with Gasteiger partial charge < -0.3 is 9.80 Å². The first kappa shape index (κ1) is 18.3. The lowest BCUT2D eigenvalue weighted by Gasteiger charge is -2.29. The van der Waals surface area contributed by atoms with E-state index in [1.54, 1.807) is 0 Å². The molecule has 11 nitrogen and oxygen atoms in total. The third-order valence-electron chi connectivity index (χ3n) is 4.68. The van der Waals surface area contributed by atoms with E-state index in [0.29, 0.717) is 24.5 Å². The van der Waals surface area contributed by atoms with Crippen LogP contribution in [0.5, 0.6) is 0 Å². The van der Waals surface area contributed by atoms with Gasteiger partial charge in [-0.3, -0.25) is 14.2 Å². The fourth-order valence-electron chi connectivity index (χ4n) is 3.48. The topological polar surface area (TPSA) is 129 Å². The first-order valence-electron chi connectivity index (χ1n) is 8.26. The van der Waals surface area contributed by atoms with Crippen molar-refractivity contribution < 1.29 is 31.7 Å². The summed E-state index contributed by atoms with van der Waals surface area (Å²) in [7, 11) is -4.79. The number of hydroxylamine groups is 3. The number of urea groups is 1. The lowest BCUT2D eigenvalue weighted by molar-refractivity contribution is -0.139. The van der Waals surface area contributed by atoms with E-state index < -0.39 is 34.4 Å². The maximum absolute atomic E-state index is 12.2. The molecule has 3 heterocycles. The van der Waals surface area contributed by atoms with E-state index in [4.69, 9.17) is 9.39 Å². The van der Waals surface area contributed by atoms with E-state index in [-0.39, 0.29) is 6.54 Å². The van der Waals surface area contributed by atoms with Crippen LogP contribution in [-0.2, 0) is 24.3 Å². The van der Waals surface area contributed by atoms with Crippen molar-refractivity contribution in [1.82, 2.24) is 20.3 Å². The second-order valence-corrected chi connectivity index (χ2v) is 7.38. The van der Waals surface area contributed by atoms with Crippen molar-refractivity contribution in [3.63, 3.8) is 0 Å². The molecule has 0 saturated carbocycles. The zero-order valence-corrected chi connectivity index (χ0v) is 14.5. The van der Waals surface area contributed by atoms with Crippen LogP contribution in [0.15, 0.2) is 0 Å². The van der Waals surface area contributed by atoms with Gasteiger partial charge in [0.15, 0.2) is 0 Å². The molecule has 3 rings (SSSR count). The Morgan fingerprint density at radius 1 is 1.28 bits per heavy atom. The Morgan fingerprint density at radius 2 is 2.00 bits per heavy atom. The van der Waals surface area contributed by atoms with Crippen molar-refractivity contribution in [3.8, 4) is 0 Å². The molecule has 0 unspecified atom stereocenters. The minimum atomic E-state index is -4.79. The molecule has 0 spiro atoms. The van der Waals surface area contributed by atoms with Gasteiger partial charge in [-0.25, -0.2) is 10.3 Å². The van der Waals surface area contributed by atoms with E-state index in [1.165, 1.54) is 17.7 Å². The molecule has 0 aromatic heterocycles. The Bertz CT molecular complexity index is 622. The Hall–Kier alpha value is -1.47. The quantitative estimate of drug-likeness (QED) is 0.332. The summed E-state index contributed by atoms with van der Waals surface area (Å²) < 4.78 is 34.7. The van der Waals surface area contributed by atoms with E-state index in [2.05, 4.69) is 14.7 Å². The number of piperidine rings is 1. The molecule has 0 aliphatic carbocycles. The molecule has 12 heteroatoms. The third-order valence-corrected chi connectivity index (χ3v) is 5.03. The van der Waals surface area contributed by atoms with Crippen LogP contribution in [0, 0.1) is 0 Å². The predicted molar refractivity (Wildman–Crippen MR) is 83.2 cm³/mol. The molecule has 2 N–H and O–H groups in total. The highest BCUT2D eigenvalue weighted by Gasteiger charge is 2.49. The van der Waals surface area contributed by atoms with Gasteiger partial charge in [0.05, 0.1) is 12.6 Å². The lowest BCUT2D eigenvalue weighted by atomic mass is 10.0. The number of likely N-dealkylation sites (tertiary alicyclic amines) is 1. The number of rotatable bonds is 7. The second-order valence-electron chi connectivity index (χ2n) is 6.37. The third kappa shape index (κ3) is 4.39. The molecule has 0 radical (unpaired) electrons. The van der Waals surface area contributed by atoms with Crippen LogP contribution in [0.25, 0.3) is 0 Å². The minimum Gasteiger partial charge on any atom is -0.309 e. The van der Waals surface area contributed by atoms with Crippen molar-refractivity contribution in [1.29, 1.82) is 0 Å². The maximum atomic E-state index is 12.2. The monoisotopic (exact) mass is 378 g/mol. The molecule has 3 amide bonds. The van der Waals surface area contributed by atoms with Crippen LogP contribution >= 0.6 is 0 Å². The zero-order chi connectivity index (χ0) is 18.0. The molecule has 2 bridgehead atoms. The number of nitrogens with zero attached hydrogens (tertiary/aromatic N) is 3. The van der Waals surface area contributed by atoms with Crippen molar-refractivity contribution in [2.45, 2.75) is 37.8 Å². The molecule has 3 fully saturated rings. The summed E-state index contributed by atoms with van der Waals surface area (Å²) in [4.78, 5) is 33.1. The summed E-state index contributed by atoms with van der Waals surface area (Å²) >= 11 is 0. The number of carbonyl (C=O) groups is 2. The number of hydrogen-bond donors (Lipinski definition) is 2. The van der Waals surface area contributed by atoms with E-state index in [1.807, 2.05) is 0 Å². The molecule has 25 heavy (non-hydrogen) atoms. The van der Waals surface area contributed by atoms with Crippen LogP contribution in [0.3, 0.4) is 0 Å². The van der Waals surface area contributed by atoms with Gasteiger partial charge in [0.25, 0.3) is 5.91 Å². The van der Waals surface area contributed by atoms with Gasteiger partial charge in [-0.05, 0) is 38.8 Å². The Balaban J connectivity index is 1.48. The molecule has 3 aliphatic heterocycles. The van der Waals surface area contributed by atoms with Gasteiger partial charge in [-0.2, -0.15) is 13.5 Å². The van der Waals surface area contributed by atoms with Gasteiger partial charge in [-0.15, -0.1) is 4.28 Å². The fourth-order valence-corrected chi connectivity index (χ4v) is 3.86. The molecular weight excluding hydrogens is 356 g/mol. The van der Waals surface area contributed by atoms with Crippen molar-refractivity contribution in [2.24, 2.45) is 0 Å². The highest BCUT2D eigenvalue weighted by Crippen LogP contribution is 2.30. The highest BCUT2D eigenvalue weighted by molar-refractivity contribution is 7.80. The summed E-state index contributed by atoms with van der Waals surface area (Å²) in [5, 5.41) is 0.608. The maximum Gasteiger partial charge on any atom is 0.418 e. The Labute approximate surface area is 145 Å². The fraction of sp³-hybridized carbons (Fsp3) is 0.846. The first-order valence-corrected chi connectivity index (χ1v) is 9.62. The number of hydrogen-bond acceptors (Lipinski definition) is 7. The number of nitrogens with one attached hydrogen (secondary N) is 1. The standard InChI is InChI=1S/C13H22N4O7S/c18-12(14-23-8-7-15-5-1-2-6-15)11-4-3-10-9-16(11)13(19)17(10)24-25(20,21)22/h10-11H,1-9H2,(H,14,18)(H,20,21,22)/t10-,11+/m1/s1. The van der Waals surface area contributed by atoms with Gasteiger partial charge >= 0.3 is 16.4 Å². The zero-order valence-electron chi connectivity index (χ0n) is 13.7. The molecule has 2 atom stereocenters. The Morgan fingerprint density at radius 3 is 2.68 bits per heavy atom. The van der Waals surface area contributed by atoms with E-state index in [9.17, 15) is 18.0 Å². The van der Waals surface area contributed by atoms with Crippen LogP contribution in [0.1, 0.15) is 25.7 Å². The van der Waals surface area contributed by atoms with E-state index in [0.717, 1.165) is 19.6 Å². The molecule has 3 aliphatic rings. The predicted octanol–water partition coefficient (Wildman–Crippen LogP) is -0.867. The number of amides is 3. The van der Waals surface area contributed by atoms with Crippen molar-refractivity contribution in [2.75, 3.05) is 32.8 Å². The summed E-state index contributed by atoms with van der Waals surface area (Å²) in [6, 6.07) is -2.04. The van der Waals surface area contributed by atoms with E-state index >= 15 is 0 Å². The normalized spacial score (nSPS) is 27.2. The Kier molecular flexibility index (Phi) is 5.43. The van der Waals surface area contributed by atoms with Crippen molar-refractivity contribution >= 4 is 22.3 Å². The number of fused-ring (bicyclic) bond motifs is 2. The number of carbonyl (C=O) groups excluding carboxylic acids is 2. The SMILES string of the molecule is O=C(NOCCN1CCCC1)[C@@H]1CC[C@@H]2CN1C(=O)N2OS(=O)(=O)O. The summed E-state index contributed by atoms with van der Waals surface area (Å²) in [5.74, 6) is -0.457. The van der Waals surface area contributed by atoms with Gasteiger partial charge in [0, 0.05) is 13.1 Å². The molecular formula is C13H22N4O7S. The smallest absolute Gasteiger partial charge is 0.309 e. The minimum absolute atomic E-state index is 0.153. The second kappa shape index (κ2) is 7.41. The summed E-state index contributed by atoms with van der Waals surface area (Å²) in [6.07, 6.45) is 3.08. The van der Waals surface area contributed by atoms with Crippen molar-refractivity contribution in [3.05, 3.63) is 0 Å². The average Bonchev–Trinajstić information content (AvgIpc) is 3.14. The van der Waals surface area contributed by atoms with Crippen LogP contribution in [0.4, 0.5) is 4.79 Å². The summed E-state index contributed by atoms with van der Waals surface area (Å²) in [5.41, 5.74) is 2.36. The largest absolute Gasteiger partial charge is 0.418 e. The lowest BCUT2D eigenvalue weighted by Crippen LogP contribution is -2.50. The average molecular weight is 378 g/mol. The highest BCUT2D eigenvalue weighted by atomic mass is 32.3.